The highest BCUT2D eigenvalue weighted by Crippen LogP contribution is 2.37. The topological polar surface area (TPSA) is 40.6 Å². The third-order valence-electron chi connectivity index (χ3n) is 6.05. The Balaban J connectivity index is 1.85. The molecule has 4 nitrogen and oxygen atoms in total. The van der Waals surface area contributed by atoms with Crippen LogP contribution in [0.2, 0.25) is 10.0 Å². The molecule has 1 aromatic rings. The van der Waals surface area contributed by atoms with Crippen LogP contribution in [-0.2, 0) is 9.59 Å². The first-order valence-corrected chi connectivity index (χ1v) is 12.0. The Morgan fingerprint density at radius 3 is 2.47 bits per heavy atom. The van der Waals surface area contributed by atoms with Gasteiger partial charge in [0, 0.05) is 30.2 Å². The molecule has 2 aliphatic rings. The molecular formula is C24H32Cl2N2O2. The number of imide groups is 1. The van der Waals surface area contributed by atoms with Gasteiger partial charge in [-0.2, -0.15) is 0 Å². The van der Waals surface area contributed by atoms with Crippen molar-refractivity contribution in [1.29, 1.82) is 0 Å². The number of benzene rings is 1. The average Bonchev–Trinajstić information content (AvgIpc) is 2.95. The maximum absolute atomic E-state index is 13.4. The first kappa shape index (κ1) is 23.1. The minimum Gasteiger partial charge on any atom is -0.366 e. The zero-order valence-electron chi connectivity index (χ0n) is 18.1. The van der Waals surface area contributed by atoms with Crippen LogP contribution in [0.25, 0.3) is 5.57 Å². The molecule has 164 valence electrons. The largest absolute Gasteiger partial charge is 0.366 e. The summed E-state index contributed by atoms with van der Waals surface area (Å²) in [5, 5.41) is 0.917. The highest BCUT2D eigenvalue weighted by atomic mass is 35.5. The van der Waals surface area contributed by atoms with Crippen molar-refractivity contribution in [2.75, 3.05) is 19.6 Å². The lowest BCUT2D eigenvalue weighted by molar-refractivity contribution is -0.137. The second kappa shape index (κ2) is 10.7. The fraction of sp³-hybridized carbons (Fsp3) is 0.583. The third kappa shape index (κ3) is 5.20. The molecular weight excluding hydrogens is 419 g/mol. The van der Waals surface area contributed by atoms with Crippen LogP contribution >= 0.6 is 23.2 Å². The van der Waals surface area contributed by atoms with Crippen LogP contribution in [0.4, 0.5) is 0 Å². The van der Waals surface area contributed by atoms with Gasteiger partial charge in [0.05, 0.1) is 10.6 Å². The third-order valence-corrected chi connectivity index (χ3v) is 6.60. The van der Waals surface area contributed by atoms with Gasteiger partial charge in [-0.1, -0.05) is 75.2 Å². The van der Waals surface area contributed by atoms with E-state index in [9.17, 15) is 9.59 Å². The van der Waals surface area contributed by atoms with Gasteiger partial charge in [0.2, 0.25) is 0 Å². The summed E-state index contributed by atoms with van der Waals surface area (Å²) in [5.74, 6) is 0.0818. The minimum atomic E-state index is -0.231. The van der Waals surface area contributed by atoms with Crippen LogP contribution in [0.5, 0.6) is 0 Å². The number of amides is 2. The number of likely N-dealkylation sites (tertiary alicyclic amines) is 1. The molecule has 1 aromatic carbocycles. The molecule has 2 aliphatic heterocycles. The Labute approximate surface area is 190 Å². The van der Waals surface area contributed by atoms with E-state index in [0.717, 1.165) is 45.2 Å². The first-order chi connectivity index (χ1) is 14.4. The maximum Gasteiger partial charge on any atom is 0.277 e. The number of carbonyl (C=O) groups is 2. The molecule has 0 N–H and O–H groups in total. The number of halogens is 2. The van der Waals surface area contributed by atoms with Gasteiger partial charge in [-0.05, 0) is 37.3 Å². The van der Waals surface area contributed by atoms with Gasteiger partial charge in [0.1, 0.15) is 5.70 Å². The minimum absolute atomic E-state index is 0.177. The fourth-order valence-electron chi connectivity index (χ4n) is 4.44. The number of rotatable bonds is 9. The fourth-order valence-corrected chi connectivity index (χ4v) is 4.94. The lowest BCUT2D eigenvalue weighted by Gasteiger charge is -2.33. The summed E-state index contributed by atoms with van der Waals surface area (Å²) >= 11 is 12.5. The Hall–Kier alpha value is -1.52. The summed E-state index contributed by atoms with van der Waals surface area (Å²) in [6.45, 7) is 6.42. The van der Waals surface area contributed by atoms with Crippen molar-refractivity contribution in [1.82, 2.24) is 9.80 Å². The second-order valence-electron chi connectivity index (χ2n) is 8.57. The molecule has 1 atom stereocenters. The number of hydrogen-bond donors (Lipinski definition) is 0. The Morgan fingerprint density at radius 1 is 1.03 bits per heavy atom. The molecule has 1 unspecified atom stereocenters. The Morgan fingerprint density at radius 2 is 1.77 bits per heavy atom. The SMILES string of the molecule is CCCCCCCCN1C(=O)C(c2ccc(Cl)cc2Cl)=C(N2CCCC(C)C2)C1=O. The molecule has 3 rings (SSSR count). The van der Waals surface area contributed by atoms with Crippen LogP contribution in [-0.4, -0.2) is 41.2 Å². The van der Waals surface area contributed by atoms with Crippen molar-refractivity contribution in [3.8, 4) is 0 Å². The van der Waals surface area contributed by atoms with E-state index in [0.29, 0.717) is 39.3 Å². The molecule has 1 fully saturated rings. The van der Waals surface area contributed by atoms with Crippen LogP contribution in [0.1, 0.15) is 70.8 Å². The standard InChI is InChI=1S/C24H32Cl2N2O2/c1-3-4-5-6-7-8-14-28-23(29)21(19-12-11-18(25)15-20(19)26)22(24(28)30)27-13-9-10-17(2)16-27/h11-12,15,17H,3-10,13-14,16H2,1-2H3. The number of unbranched alkanes of at least 4 members (excludes halogenated alkanes) is 5. The average molecular weight is 451 g/mol. The van der Waals surface area contributed by atoms with Gasteiger partial charge in [0.25, 0.3) is 11.8 Å². The summed E-state index contributed by atoms with van der Waals surface area (Å²) in [7, 11) is 0. The maximum atomic E-state index is 13.4. The van der Waals surface area contributed by atoms with Crippen LogP contribution in [0.15, 0.2) is 23.9 Å². The van der Waals surface area contributed by atoms with Crippen molar-refractivity contribution in [3.05, 3.63) is 39.5 Å². The number of piperidine rings is 1. The zero-order valence-corrected chi connectivity index (χ0v) is 19.6. The molecule has 0 radical (unpaired) electrons. The van der Waals surface area contributed by atoms with Gasteiger partial charge in [-0.3, -0.25) is 14.5 Å². The molecule has 0 bridgehead atoms. The van der Waals surface area contributed by atoms with Crippen molar-refractivity contribution in [3.63, 3.8) is 0 Å². The number of hydrogen-bond acceptors (Lipinski definition) is 3. The zero-order chi connectivity index (χ0) is 21.7. The normalized spacial score (nSPS) is 19.9. The highest BCUT2D eigenvalue weighted by Gasteiger charge is 2.42. The Kier molecular flexibility index (Phi) is 8.24. The van der Waals surface area contributed by atoms with Crippen molar-refractivity contribution in [2.24, 2.45) is 5.92 Å². The molecule has 0 spiro atoms. The van der Waals surface area contributed by atoms with E-state index in [4.69, 9.17) is 23.2 Å². The molecule has 1 saturated heterocycles. The van der Waals surface area contributed by atoms with Crippen LogP contribution in [0, 0.1) is 5.92 Å². The summed E-state index contributed by atoms with van der Waals surface area (Å²) in [6, 6.07) is 5.11. The molecule has 30 heavy (non-hydrogen) atoms. The molecule has 2 heterocycles. The number of carbonyl (C=O) groups excluding carboxylic acids is 2. The van der Waals surface area contributed by atoms with E-state index in [-0.39, 0.29) is 11.8 Å². The van der Waals surface area contributed by atoms with Gasteiger partial charge in [0.15, 0.2) is 0 Å². The van der Waals surface area contributed by atoms with Gasteiger partial charge in [-0.25, -0.2) is 0 Å². The van der Waals surface area contributed by atoms with Crippen molar-refractivity contribution in [2.45, 2.75) is 65.2 Å². The molecule has 6 heteroatoms. The second-order valence-corrected chi connectivity index (χ2v) is 9.41. The van der Waals surface area contributed by atoms with Gasteiger partial charge in [-0.15, -0.1) is 0 Å². The van der Waals surface area contributed by atoms with Gasteiger partial charge >= 0.3 is 0 Å². The van der Waals surface area contributed by atoms with E-state index in [1.54, 1.807) is 18.2 Å². The van der Waals surface area contributed by atoms with E-state index in [1.807, 2.05) is 0 Å². The van der Waals surface area contributed by atoms with E-state index in [1.165, 1.54) is 24.2 Å². The highest BCUT2D eigenvalue weighted by molar-refractivity contribution is 6.41. The lowest BCUT2D eigenvalue weighted by atomic mass is 9.97. The Bertz CT molecular complexity index is 821. The van der Waals surface area contributed by atoms with Crippen LogP contribution < -0.4 is 0 Å². The van der Waals surface area contributed by atoms with E-state index < -0.39 is 0 Å². The van der Waals surface area contributed by atoms with Gasteiger partial charge < -0.3 is 4.90 Å². The van der Waals surface area contributed by atoms with E-state index >= 15 is 0 Å². The molecule has 0 aromatic heterocycles. The summed E-state index contributed by atoms with van der Waals surface area (Å²) in [6.07, 6.45) is 8.82. The summed E-state index contributed by atoms with van der Waals surface area (Å²) in [5.41, 5.74) is 1.54. The predicted molar refractivity (Wildman–Crippen MR) is 123 cm³/mol. The quantitative estimate of drug-likeness (QED) is 0.333. The van der Waals surface area contributed by atoms with E-state index in [2.05, 4.69) is 18.7 Å². The molecule has 0 aliphatic carbocycles. The molecule has 0 saturated carbocycles. The summed E-state index contributed by atoms with van der Waals surface area (Å²) in [4.78, 5) is 30.3. The lowest BCUT2D eigenvalue weighted by Crippen LogP contribution is -2.39. The van der Waals surface area contributed by atoms with Crippen molar-refractivity contribution < 1.29 is 9.59 Å². The monoisotopic (exact) mass is 450 g/mol. The first-order valence-electron chi connectivity index (χ1n) is 11.2. The smallest absolute Gasteiger partial charge is 0.277 e. The molecule has 2 amide bonds. The van der Waals surface area contributed by atoms with Crippen LogP contribution in [0.3, 0.4) is 0 Å². The summed E-state index contributed by atoms with van der Waals surface area (Å²) < 4.78 is 0. The predicted octanol–water partition coefficient (Wildman–Crippen LogP) is 6.17. The number of nitrogens with zero attached hydrogens (tertiary/aromatic N) is 2. The van der Waals surface area contributed by atoms with Crippen molar-refractivity contribution >= 4 is 40.6 Å².